The van der Waals surface area contributed by atoms with Crippen LogP contribution in [0, 0.1) is 5.82 Å². The largest absolute Gasteiger partial charge is 0.419 e. The molecule has 0 bridgehead atoms. The van der Waals surface area contributed by atoms with E-state index in [1.807, 2.05) is 6.07 Å². The third-order valence-electron chi connectivity index (χ3n) is 8.27. The first kappa shape index (κ1) is 27.9. The normalized spacial score (nSPS) is 17.1. The Morgan fingerprint density at radius 2 is 1.86 bits per heavy atom. The maximum atomic E-state index is 14.5. The summed E-state index contributed by atoms with van der Waals surface area (Å²) in [6.45, 7) is 1.84. The highest BCUT2D eigenvalue weighted by molar-refractivity contribution is 5.82. The minimum absolute atomic E-state index is 0.0163. The Hall–Kier alpha value is -4.88. The van der Waals surface area contributed by atoms with Crippen LogP contribution in [-0.4, -0.2) is 51.6 Å². The van der Waals surface area contributed by atoms with Crippen LogP contribution < -0.4 is 5.56 Å². The fraction of sp³-hybridized carbons (Fsp3) is 0.333. The van der Waals surface area contributed by atoms with Crippen LogP contribution in [0.25, 0.3) is 39.4 Å². The first-order chi connectivity index (χ1) is 21.0. The van der Waals surface area contributed by atoms with E-state index in [9.17, 15) is 27.2 Å². The van der Waals surface area contributed by atoms with E-state index in [1.54, 1.807) is 17.7 Å². The van der Waals surface area contributed by atoms with Crippen molar-refractivity contribution in [2.75, 3.05) is 6.54 Å². The number of nitrogens with one attached hydrogen (secondary N) is 1. The molecule has 0 spiro atoms. The highest BCUT2D eigenvalue weighted by Gasteiger charge is 2.38. The van der Waals surface area contributed by atoms with Crippen LogP contribution in [0.5, 0.6) is 0 Å². The molecule has 10 nitrogen and oxygen atoms in total. The topological polar surface area (TPSA) is 115 Å². The SMILES string of the molecule is CC(=O)N1CCC[C@H]1c1nc2c(C(F)(F)F)cn(-c3cc(-c4ccc(F)cc4-c4nncn4C)cc(C4CC4)n3)c(=O)c2[nH]1. The molecule has 226 valence electrons. The second-order valence-electron chi connectivity index (χ2n) is 11.3. The number of carbonyl (C=O) groups is 1. The number of hydrogen-bond donors (Lipinski definition) is 1. The first-order valence-corrected chi connectivity index (χ1v) is 14.2. The van der Waals surface area contributed by atoms with Crippen molar-refractivity contribution in [1.29, 1.82) is 0 Å². The highest BCUT2D eigenvalue weighted by atomic mass is 19.4. The number of H-pyrrole nitrogens is 1. The second kappa shape index (κ2) is 10.1. The number of amides is 1. The quantitative estimate of drug-likeness (QED) is 0.272. The predicted octanol–water partition coefficient (Wildman–Crippen LogP) is 5.29. The van der Waals surface area contributed by atoms with Crippen molar-refractivity contribution < 1.29 is 22.4 Å². The number of alkyl halides is 3. The van der Waals surface area contributed by atoms with E-state index in [0.717, 1.165) is 23.6 Å². The number of aromatic amines is 1. The molecule has 1 saturated carbocycles. The molecule has 1 aliphatic carbocycles. The Kier molecular flexibility index (Phi) is 6.41. The lowest BCUT2D eigenvalue weighted by Gasteiger charge is -2.21. The molecule has 14 heteroatoms. The summed E-state index contributed by atoms with van der Waals surface area (Å²) < 4.78 is 60.4. The van der Waals surface area contributed by atoms with Gasteiger partial charge in [-0.15, -0.1) is 10.2 Å². The number of carbonyl (C=O) groups excluding carboxylic acids is 1. The zero-order valence-corrected chi connectivity index (χ0v) is 23.7. The van der Waals surface area contributed by atoms with Gasteiger partial charge in [-0.25, -0.2) is 14.4 Å². The predicted molar refractivity (Wildman–Crippen MR) is 151 cm³/mol. The molecule has 1 saturated heterocycles. The van der Waals surface area contributed by atoms with Crippen LogP contribution in [0.15, 0.2) is 47.7 Å². The summed E-state index contributed by atoms with van der Waals surface area (Å²) in [5.41, 5.74) is -0.594. The fourth-order valence-corrected chi connectivity index (χ4v) is 5.96. The van der Waals surface area contributed by atoms with Gasteiger partial charge in [0.2, 0.25) is 5.91 Å². The van der Waals surface area contributed by atoms with Gasteiger partial charge in [-0.3, -0.25) is 14.2 Å². The van der Waals surface area contributed by atoms with Gasteiger partial charge < -0.3 is 14.5 Å². The third-order valence-corrected chi connectivity index (χ3v) is 8.27. The lowest BCUT2D eigenvalue weighted by molar-refractivity contribution is -0.136. The first-order valence-electron chi connectivity index (χ1n) is 14.2. The zero-order valence-electron chi connectivity index (χ0n) is 23.7. The molecule has 5 heterocycles. The molecule has 44 heavy (non-hydrogen) atoms. The van der Waals surface area contributed by atoms with Crippen molar-refractivity contribution in [3.63, 3.8) is 0 Å². The molecule has 4 aromatic heterocycles. The van der Waals surface area contributed by atoms with E-state index in [2.05, 4.69) is 25.1 Å². The van der Waals surface area contributed by atoms with E-state index in [0.29, 0.717) is 47.6 Å². The summed E-state index contributed by atoms with van der Waals surface area (Å²) in [5.74, 6) is -0.143. The van der Waals surface area contributed by atoms with Gasteiger partial charge in [0.1, 0.15) is 40.4 Å². The van der Waals surface area contributed by atoms with E-state index in [4.69, 9.17) is 0 Å². The van der Waals surface area contributed by atoms with Gasteiger partial charge in [-0.05, 0) is 61.1 Å². The molecule has 1 N–H and O–H groups in total. The maximum Gasteiger partial charge on any atom is 0.419 e. The number of aryl methyl sites for hydroxylation is 1. The van der Waals surface area contributed by atoms with Crippen molar-refractivity contribution in [3.8, 4) is 28.3 Å². The number of aromatic nitrogens is 7. The number of imidazole rings is 1. The number of benzene rings is 1. The van der Waals surface area contributed by atoms with Crippen molar-refractivity contribution in [3.05, 3.63) is 76.1 Å². The minimum Gasteiger partial charge on any atom is -0.336 e. The number of halogens is 4. The Morgan fingerprint density at radius 3 is 2.55 bits per heavy atom. The number of nitrogens with zero attached hydrogens (tertiary/aromatic N) is 7. The standard InChI is InChI=1S/C30H26F4N8O2/c1-15(43)41-9-3-4-23(41)27-37-25-21(30(32,33)34)13-42(29(44)26(25)38-27)24-11-17(10-22(36-24)16-5-6-16)19-8-7-18(31)12-20(19)28-39-35-14-40(28)2/h7-8,10-14,16,23H,3-6,9H2,1-2H3,(H,37,38)/t23-/m0/s1. The van der Waals surface area contributed by atoms with E-state index >= 15 is 0 Å². The van der Waals surface area contributed by atoms with Crippen LogP contribution in [0.3, 0.4) is 0 Å². The number of pyridine rings is 2. The molecule has 2 fully saturated rings. The summed E-state index contributed by atoms with van der Waals surface area (Å²) in [4.78, 5) is 39.2. The molecule has 0 unspecified atom stereocenters. The van der Waals surface area contributed by atoms with Gasteiger partial charge in [-0.2, -0.15) is 13.2 Å². The Bertz CT molecular complexity index is 2010. The molecule has 1 aliphatic heterocycles. The maximum absolute atomic E-state index is 14.5. The lowest BCUT2D eigenvalue weighted by atomic mass is 9.98. The summed E-state index contributed by atoms with van der Waals surface area (Å²) in [5, 5.41) is 8.01. The molecule has 0 radical (unpaired) electrons. The Morgan fingerprint density at radius 1 is 1.07 bits per heavy atom. The zero-order chi connectivity index (χ0) is 30.9. The van der Waals surface area contributed by atoms with Crippen molar-refractivity contribution >= 4 is 16.9 Å². The van der Waals surface area contributed by atoms with Crippen molar-refractivity contribution in [2.45, 2.75) is 50.7 Å². The van der Waals surface area contributed by atoms with Crippen molar-refractivity contribution in [1.82, 2.24) is 39.2 Å². The number of likely N-dealkylation sites (tertiary alicyclic amines) is 1. The van der Waals surface area contributed by atoms with Crippen LogP contribution in [0.1, 0.15) is 61.6 Å². The van der Waals surface area contributed by atoms with Crippen molar-refractivity contribution in [2.24, 2.45) is 7.05 Å². The number of fused-ring (bicyclic) bond motifs is 1. The molecular weight excluding hydrogens is 580 g/mol. The number of rotatable bonds is 5. The molecular formula is C30H26F4N8O2. The molecule has 5 aromatic rings. The summed E-state index contributed by atoms with van der Waals surface area (Å²) in [6, 6.07) is 6.92. The molecule has 7 rings (SSSR count). The monoisotopic (exact) mass is 606 g/mol. The molecule has 1 atom stereocenters. The van der Waals surface area contributed by atoms with Crippen LogP contribution in [-0.2, 0) is 18.0 Å². The van der Waals surface area contributed by atoms with E-state index in [1.165, 1.54) is 36.4 Å². The van der Waals surface area contributed by atoms with Gasteiger partial charge >= 0.3 is 6.18 Å². The molecule has 1 aromatic carbocycles. The molecule has 2 aliphatic rings. The van der Waals surface area contributed by atoms with Crippen LogP contribution in [0.2, 0.25) is 0 Å². The fourth-order valence-electron chi connectivity index (χ4n) is 5.96. The summed E-state index contributed by atoms with van der Waals surface area (Å²) >= 11 is 0. The number of hydrogen-bond acceptors (Lipinski definition) is 6. The average Bonchev–Trinajstić information content (AvgIpc) is 3.33. The van der Waals surface area contributed by atoms with Gasteiger partial charge in [0.25, 0.3) is 5.56 Å². The van der Waals surface area contributed by atoms with Gasteiger partial charge in [0.15, 0.2) is 5.82 Å². The van der Waals surface area contributed by atoms with Gasteiger partial charge in [0, 0.05) is 43.9 Å². The van der Waals surface area contributed by atoms with Crippen LogP contribution >= 0.6 is 0 Å². The van der Waals surface area contributed by atoms with E-state index < -0.39 is 34.7 Å². The Balaban J connectivity index is 1.44. The van der Waals surface area contributed by atoms with Crippen LogP contribution in [0.4, 0.5) is 17.6 Å². The smallest absolute Gasteiger partial charge is 0.336 e. The highest BCUT2D eigenvalue weighted by Crippen LogP contribution is 2.42. The Labute approximate surface area is 247 Å². The van der Waals surface area contributed by atoms with E-state index in [-0.39, 0.29) is 29.0 Å². The minimum atomic E-state index is -4.84. The average molecular weight is 607 g/mol. The lowest BCUT2D eigenvalue weighted by Crippen LogP contribution is -2.28. The summed E-state index contributed by atoms with van der Waals surface area (Å²) in [6.07, 6.45) is 0.216. The second-order valence-corrected chi connectivity index (χ2v) is 11.3. The summed E-state index contributed by atoms with van der Waals surface area (Å²) in [7, 11) is 1.71. The third kappa shape index (κ3) is 4.74. The van der Waals surface area contributed by atoms with Gasteiger partial charge in [0.05, 0.1) is 6.04 Å². The molecule has 1 amide bonds. The van der Waals surface area contributed by atoms with Gasteiger partial charge in [-0.1, -0.05) is 6.07 Å².